The molecule has 0 heterocycles. The maximum absolute atomic E-state index is 13.0. The third-order valence-electron chi connectivity index (χ3n) is 11.8. The normalized spacial score (nSPS) is 12.5. The minimum atomic E-state index is -1.46. The van der Waals surface area contributed by atoms with Crippen LogP contribution < -0.4 is 21.3 Å². The summed E-state index contributed by atoms with van der Waals surface area (Å²) in [6.07, 6.45) is 37.3. The average molecular weight is 957 g/mol. The highest BCUT2D eigenvalue weighted by atomic mass is 32.2. The maximum Gasteiger partial charge on any atom is 0.407 e. The van der Waals surface area contributed by atoms with Crippen LogP contribution in [0.25, 0.3) is 0 Å². The predicted molar refractivity (Wildman–Crippen MR) is 268 cm³/mol. The molecule has 14 nitrogen and oxygen atoms in total. The van der Waals surface area contributed by atoms with Crippen LogP contribution in [0.4, 0.5) is 9.59 Å². The van der Waals surface area contributed by atoms with E-state index in [-0.39, 0.29) is 24.5 Å². The second-order valence-corrected chi connectivity index (χ2v) is 19.3. The van der Waals surface area contributed by atoms with Crippen LogP contribution >= 0.6 is 11.8 Å². The van der Waals surface area contributed by atoms with Gasteiger partial charge in [-0.2, -0.15) is 11.8 Å². The first-order valence-electron chi connectivity index (χ1n) is 26.4. The molecule has 15 heteroatoms. The van der Waals surface area contributed by atoms with Crippen molar-refractivity contribution in [3.05, 3.63) is 0 Å². The molecule has 0 saturated heterocycles. The van der Waals surface area contributed by atoms with Crippen LogP contribution in [0.3, 0.4) is 0 Å². The molecular formula is C51H96N4O10S. The largest absolute Gasteiger partial charge is 0.481 e. The van der Waals surface area contributed by atoms with Crippen LogP contribution in [0.15, 0.2) is 0 Å². The second-order valence-electron chi connectivity index (χ2n) is 18.2. The molecule has 0 fully saturated rings. The fourth-order valence-corrected chi connectivity index (χ4v) is 8.83. The number of nitrogens with one attached hydrogen (secondary N) is 4. The Morgan fingerprint density at radius 3 is 1.23 bits per heavy atom. The lowest BCUT2D eigenvalue weighted by Gasteiger charge is -2.22. The second kappa shape index (κ2) is 46.9. The van der Waals surface area contributed by atoms with E-state index in [1.54, 1.807) is 0 Å². The van der Waals surface area contributed by atoms with Gasteiger partial charge in [-0.15, -0.1) is 0 Å². The minimum Gasteiger partial charge on any atom is -0.481 e. The van der Waals surface area contributed by atoms with Crippen molar-refractivity contribution in [3.8, 4) is 0 Å². The molecule has 0 radical (unpaired) electrons. The number of rotatable bonds is 48. The van der Waals surface area contributed by atoms with E-state index in [0.29, 0.717) is 13.1 Å². The molecule has 0 rings (SSSR count). The van der Waals surface area contributed by atoms with Gasteiger partial charge in [0.2, 0.25) is 11.8 Å². The highest BCUT2D eigenvalue weighted by molar-refractivity contribution is 7.99. The van der Waals surface area contributed by atoms with Gasteiger partial charge >= 0.3 is 24.1 Å². The zero-order valence-electron chi connectivity index (χ0n) is 41.9. The quantitative estimate of drug-likeness (QED) is 0.0316. The van der Waals surface area contributed by atoms with Gasteiger partial charge in [0.15, 0.2) is 0 Å². The van der Waals surface area contributed by atoms with Gasteiger partial charge in [0.1, 0.15) is 24.8 Å². The summed E-state index contributed by atoms with van der Waals surface area (Å²) in [4.78, 5) is 73.1. The molecule has 4 amide bonds. The van der Waals surface area contributed by atoms with Crippen molar-refractivity contribution in [1.29, 1.82) is 0 Å². The minimum absolute atomic E-state index is 0.0250. The fourth-order valence-electron chi connectivity index (χ4n) is 7.80. The van der Waals surface area contributed by atoms with E-state index in [4.69, 9.17) is 14.6 Å². The third kappa shape index (κ3) is 43.3. The standard InChI is InChI=1S/C51H96N4O10S/c1-4-6-8-10-12-14-16-18-20-22-24-26-28-30-32-34-38-52-50(62)64-40-44(41-66-42-46(54-43(3)56)48(59)55-45(49(60)61)36-37-47(57)58)65-51(63)53-39-35-33-31-29-27-25-23-21-19-17-15-13-11-9-7-5-2/h44-46H,4-42H2,1-3H3,(H,52,62)(H,53,63)(H,54,56)(H,55,59)(H,57,58)(H,60,61)/t44-,45+,46+/m1/s1. The summed E-state index contributed by atoms with van der Waals surface area (Å²) in [5.74, 6) is -3.86. The first-order chi connectivity index (χ1) is 32.0. The number of alkyl carbamates (subject to hydrolysis) is 2. The Morgan fingerprint density at radius 1 is 0.485 bits per heavy atom. The molecule has 66 heavy (non-hydrogen) atoms. The summed E-state index contributed by atoms with van der Waals surface area (Å²) < 4.78 is 11.1. The van der Waals surface area contributed by atoms with Crippen molar-refractivity contribution in [2.75, 3.05) is 31.2 Å². The molecule has 3 atom stereocenters. The number of ether oxygens (including phenoxy) is 2. The average Bonchev–Trinajstić information content (AvgIpc) is 3.28. The predicted octanol–water partition coefficient (Wildman–Crippen LogP) is 12.0. The molecule has 0 aliphatic carbocycles. The van der Waals surface area contributed by atoms with Crippen molar-refractivity contribution in [2.45, 2.75) is 257 Å². The van der Waals surface area contributed by atoms with Crippen LogP contribution in [0.1, 0.15) is 239 Å². The Balaban J connectivity index is 4.72. The SMILES string of the molecule is CCCCCCCCCCCCCCCCCCNC(=O)OC[C@H](CSC[C@H](NC(C)=O)C(=O)N[C@@H](CCC(=O)O)C(=O)O)OC(=O)NCCCCCCCCCCCCCCCCCC. The van der Waals surface area contributed by atoms with E-state index in [1.165, 1.54) is 174 Å². The molecule has 0 aliphatic rings. The van der Waals surface area contributed by atoms with Crippen LogP contribution in [-0.2, 0) is 28.7 Å². The van der Waals surface area contributed by atoms with Crippen molar-refractivity contribution in [3.63, 3.8) is 0 Å². The van der Waals surface area contributed by atoms with E-state index < -0.39 is 60.5 Å². The van der Waals surface area contributed by atoms with Crippen LogP contribution in [0, 0.1) is 0 Å². The van der Waals surface area contributed by atoms with Crippen molar-refractivity contribution < 1.29 is 48.5 Å². The highest BCUT2D eigenvalue weighted by Crippen LogP contribution is 2.16. The summed E-state index contributed by atoms with van der Waals surface area (Å²) in [6, 6.07) is -2.62. The van der Waals surface area contributed by atoms with Crippen LogP contribution in [0.2, 0.25) is 0 Å². The number of carboxylic acids is 2. The van der Waals surface area contributed by atoms with Gasteiger partial charge in [-0.3, -0.25) is 14.4 Å². The number of hydrogen-bond acceptors (Lipinski definition) is 9. The van der Waals surface area contributed by atoms with Crippen LogP contribution in [0.5, 0.6) is 0 Å². The van der Waals surface area contributed by atoms with Gasteiger partial charge in [0, 0.05) is 37.9 Å². The number of aliphatic carboxylic acids is 2. The number of thioether (sulfide) groups is 1. The molecular weight excluding hydrogens is 861 g/mol. The Kier molecular flexibility index (Phi) is 44.6. The smallest absolute Gasteiger partial charge is 0.407 e. The summed E-state index contributed by atoms with van der Waals surface area (Å²) in [5.41, 5.74) is 0. The molecule has 0 aliphatic heterocycles. The molecule has 0 aromatic rings. The number of carbonyl (C=O) groups is 6. The first kappa shape index (κ1) is 62.8. The summed E-state index contributed by atoms with van der Waals surface area (Å²) in [6.45, 7) is 6.39. The Labute approximate surface area is 404 Å². The number of amides is 4. The van der Waals surface area contributed by atoms with E-state index in [2.05, 4.69) is 35.1 Å². The zero-order chi connectivity index (χ0) is 48.7. The Morgan fingerprint density at radius 2 is 0.864 bits per heavy atom. The van der Waals surface area contributed by atoms with Gasteiger partial charge in [-0.05, 0) is 19.3 Å². The summed E-state index contributed by atoms with van der Waals surface area (Å²) in [5, 5.41) is 28.8. The van der Waals surface area contributed by atoms with E-state index in [1.807, 2.05) is 0 Å². The summed E-state index contributed by atoms with van der Waals surface area (Å²) in [7, 11) is 0. The number of carbonyl (C=O) groups excluding carboxylic acids is 4. The lowest BCUT2D eigenvalue weighted by Crippen LogP contribution is -2.52. The zero-order valence-corrected chi connectivity index (χ0v) is 42.7. The van der Waals surface area contributed by atoms with Gasteiger partial charge in [0.05, 0.1) is 0 Å². The monoisotopic (exact) mass is 957 g/mol. The van der Waals surface area contributed by atoms with Gasteiger partial charge < -0.3 is 41.0 Å². The van der Waals surface area contributed by atoms with Crippen molar-refractivity contribution in [2.24, 2.45) is 0 Å². The van der Waals surface area contributed by atoms with E-state index in [0.717, 1.165) is 50.3 Å². The van der Waals surface area contributed by atoms with Crippen LogP contribution in [-0.4, -0.2) is 95.5 Å². The van der Waals surface area contributed by atoms with Gasteiger partial charge in [0.25, 0.3) is 0 Å². The molecule has 0 spiro atoms. The summed E-state index contributed by atoms with van der Waals surface area (Å²) >= 11 is 1.14. The Hall–Kier alpha value is -3.23. The van der Waals surface area contributed by atoms with E-state index in [9.17, 15) is 33.9 Å². The number of unbranched alkanes of at least 4 members (excludes halogenated alkanes) is 30. The topological polar surface area (TPSA) is 209 Å². The Bertz CT molecular complexity index is 1230. The third-order valence-corrected chi connectivity index (χ3v) is 13.0. The molecule has 6 N–H and O–H groups in total. The fraction of sp³-hybridized carbons (Fsp3) is 0.882. The lowest BCUT2D eigenvalue weighted by atomic mass is 10.0. The van der Waals surface area contributed by atoms with E-state index >= 15 is 0 Å². The molecule has 0 unspecified atom stereocenters. The van der Waals surface area contributed by atoms with Crippen molar-refractivity contribution >= 4 is 47.7 Å². The lowest BCUT2D eigenvalue weighted by molar-refractivity contribution is -0.143. The highest BCUT2D eigenvalue weighted by Gasteiger charge is 2.27. The van der Waals surface area contributed by atoms with Crippen molar-refractivity contribution in [1.82, 2.24) is 21.3 Å². The molecule has 0 bridgehead atoms. The molecule has 386 valence electrons. The maximum atomic E-state index is 13.0. The molecule has 0 saturated carbocycles. The van der Waals surface area contributed by atoms with Gasteiger partial charge in [-0.25, -0.2) is 14.4 Å². The first-order valence-corrected chi connectivity index (χ1v) is 27.6. The van der Waals surface area contributed by atoms with Gasteiger partial charge in [-0.1, -0.05) is 206 Å². The number of carboxylic acid groups (broad SMARTS) is 2. The molecule has 0 aromatic carbocycles. The molecule has 0 aromatic heterocycles. The number of hydrogen-bond donors (Lipinski definition) is 6.